The highest BCUT2D eigenvalue weighted by atomic mass is 16.6. The zero-order valence-electron chi connectivity index (χ0n) is 16.2. The third-order valence-corrected chi connectivity index (χ3v) is 6.04. The highest BCUT2D eigenvalue weighted by Gasteiger charge is 2.79. The first-order valence-electron chi connectivity index (χ1n) is 9.58. The average Bonchev–Trinajstić information content (AvgIpc) is 2.80. The molecule has 0 aromatic heterocycles. The summed E-state index contributed by atoms with van der Waals surface area (Å²) in [5, 5.41) is 0. The van der Waals surface area contributed by atoms with Crippen LogP contribution >= 0.6 is 0 Å². The van der Waals surface area contributed by atoms with E-state index in [0.717, 1.165) is 31.2 Å². The lowest BCUT2D eigenvalue weighted by atomic mass is 9.71. The molecule has 146 valence electrons. The number of amides is 1. The van der Waals surface area contributed by atoms with Gasteiger partial charge in [-0.2, -0.15) is 0 Å². The molecule has 1 aromatic rings. The molecule has 2 fully saturated rings. The predicted octanol–water partition coefficient (Wildman–Crippen LogP) is 2.88. The maximum Gasteiger partial charge on any atom is 0.344 e. The molecular formula is C21H27NO5. The van der Waals surface area contributed by atoms with Gasteiger partial charge in [-0.05, 0) is 31.0 Å². The first-order valence-corrected chi connectivity index (χ1v) is 9.58. The number of nitrogens with zero attached hydrogens (tertiary/aromatic N) is 1. The van der Waals surface area contributed by atoms with E-state index < -0.39 is 23.0 Å². The Labute approximate surface area is 159 Å². The molecule has 0 bridgehead atoms. The van der Waals surface area contributed by atoms with Crippen LogP contribution in [-0.2, 0) is 25.7 Å². The van der Waals surface area contributed by atoms with Gasteiger partial charge in [-0.25, -0.2) is 4.79 Å². The van der Waals surface area contributed by atoms with Crippen molar-refractivity contribution in [3.63, 3.8) is 0 Å². The second-order valence-electron chi connectivity index (χ2n) is 7.56. The van der Waals surface area contributed by atoms with Gasteiger partial charge in [0.15, 0.2) is 11.9 Å². The number of hydrogen-bond donors (Lipinski definition) is 0. The predicted molar refractivity (Wildman–Crippen MR) is 99.1 cm³/mol. The Morgan fingerprint density at radius 3 is 2.44 bits per heavy atom. The fraction of sp³-hybridized carbons (Fsp3) is 0.571. The number of benzene rings is 1. The largest absolute Gasteiger partial charge is 0.497 e. The van der Waals surface area contributed by atoms with Gasteiger partial charge < -0.3 is 14.4 Å². The Hall–Kier alpha value is -2.37. The normalized spacial score (nSPS) is 29.1. The van der Waals surface area contributed by atoms with E-state index in [2.05, 4.69) is 6.92 Å². The van der Waals surface area contributed by atoms with Crippen molar-refractivity contribution in [3.05, 3.63) is 29.8 Å². The van der Waals surface area contributed by atoms with Crippen molar-refractivity contribution in [3.8, 4) is 5.75 Å². The highest BCUT2D eigenvalue weighted by molar-refractivity contribution is 6.12. The van der Waals surface area contributed by atoms with Crippen molar-refractivity contribution in [2.24, 2.45) is 5.92 Å². The summed E-state index contributed by atoms with van der Waals surface area (Å²) in [5.74, 6) is -0.575. The molecule has 2 heterocycles. The van der Waals surface area contributed by atoms with Crippen molar-refractivity contribution in [1.82, 2.24) is 4.90 Å². The van der Waals surface area contributed by atoms with Crippen molar-refractivity contribution >= 4 is 18.2 Å². The summed E-state index contributed by atoms with van der Waals surface area (Å²) in [6.07, 6.45) is 5.34. The van der Waals surface area contributed by atoms with Gasteiger partial charge in [0.25, 0.3) is 0 Å². The fourth-order valence-electron chi connectivity index (χ4n) is 4.34. The molecule has 0 spiro atoms. The minimum Gasteiger partial charge on any atom is -0.497 e. The minimum absolute atomic E-state index is 0.178. The number of methoxy groups -OCH3 is 1. The maximum absolute atomic E-state index is 13.2. The first-order chi connectivity index (χ1) is 12.9. The zero-order valence-corrected chi connectivity index (χ0v) is 16.2. The van der Waals surface area contributed by atoms with E-state index in [1.54, 1.807) is 26.2 Å². The molecule has 1 aromatic carbocycles. The molecular weight excluding hydrogens is 346 g/mol. The molecule has 0 radical (unpaired) electrons. The van der Waals surface area contributed by atoms with Gasteiger partial charge in [0.1, 0.15) is 5.75 Å². The van der Waals surface area contributed by atoms with Crippen molar-refractivity contribution < 1.29 is 23.9 Å². The number of rotatable bonds is 9. The van der Waals surface area contributed by atoms with Gasteiger partial charge in [-0.3, -0.25) is 9.59 Å². The topological polar surface area (TPSA) is 72.9 Å². The Balaban J connectivity index is 1.86. The number of aldehydes is 1. The smallest absolute Gasteiger partial charge is 0.344 e. The van der Waals surface area contributed by atoms with Crippen molar-refractivity contribution in [1.29, 1.82) is 0 Å². The van der Waals surface area contributed by atoms with Crippen LogP contribution in [0.4, 0.5) is 0 Å². The Bertz CT molecular complexity index is 731. The summed E-state index contributed by atoms with van der Waals surface area (Å²) in [6.45, 7) is 4.04. The van der Waals surface area contributed by atoms with Crippen LogP contribution in [0.5, 0.6) is 5.75 Å². The van der Waals surface area contributed by atoms with Crippen LogP contribution in [0.25, 0.3) is 0 Å². The summed E-state index contributed by atoms with van der Waals surface area (Å²) in [6, 6.07) is 7.26. The summed E-state index contributed by atoms with van der Waals surface area (Å²) in [4.78, 5) is 39.0. The number of fused-ring (bicyclic) bond motifs is 1. The third-order valence-electron chi connectivity index (χ3n) is 6.04. The lowest BCUT2D eigenvalue weighted by molar-refractivity contribution is -0.226. The van der Waals surface area contributed by atoms with Crippen LogP contribution < -0.4 is 4.74 Å². The van der Waals surface area contributed by atoms with Gasteiger partial charge >= 0.3 is 5.97 Å². The lowest BCUT2D eigenvalue weighted by Crippen LogP contribution is -2.75. The number of carbonyl (C=O) groups is 3. The van der Waals surface area contributed by atoms with Gasteiger partial charge in [0.05, 0.1) is 13.0 Å². The van der Waals surface area contributed by atoms with Crippen molar-refractivity contribution in [2.45, 2.75) is 63.6 Å². The monoisotopic (exact) mass is 373 g/mol. The summed E-state index contributed by atoms with van der Waals surface area (Å²) in [5.41, 5.74) is -1.76. The third kappa shape index (κ3) is 2.82. The molecule has 0 saturated carbocycles. The summed E-state index contributed by atoms with van der Waals surface area (Å²) in [7, 11) is 1.58. The SMILES string of the molecule is CCCCCC[C@@H]1C(=O)N(Cc2ccc(OC)cc2)C2(C=O)C(=O)O[C@]12C. The van der Waals surface area contributed by atoms with E-state index in [1.165, 1.54) is 4.90 Å². The maximum atomic E-state index is 13.2. The molecule has 2 saturated heterocycles. The second-order valence-corrected chi connectivity index (χ2v) is 7.56. The summed E-state index contributed by atoms with van der Waals surface area (Å²) >= 11 is 0. The van der Waals surface area contributed by atoms with Crippen LogP contribution in [-0.4, -0.2) is 41.3 Å². The fourth-order valence-corrected chi connectivity index (χ4v) is 4.34. The standard InChI is InChI=1S/C21H27NO5/c1-4-5-6-7-8-17-18(24)22(13-15-9-11-16(26-3)12-10-15)21(14-23)19(25)27-20(17,21)2/h9-12,14,17H,4-8,13H2,1-3H3/t17-,20-,21?/m1/s1. The molecule has 0 aliphatic carbocycles. The van der Waals surface area contributed by atoms with Gasteiger partial charge in [-0.1, -0.05) is 44.7 Å². The number of ether oxygens (including phenoxy) is 2. The Kier molecular flexibility index (Phi) is 5.27. The molecule has 2 aliphatic heterocycles. The molecule has 3 atom stereocenters. The van der Waals surface area contributed by atoms with Crippen LogP contribution in [0.3, 0.4) is 0 Å². The number of likely N-dealkylation sites (tertiary alicyclic amines) is 1. The van der Waals surface area contributed by atoms with Gasteiger partial charge in [0, 0.05) is 6.54 Å². The van der Waals surface area contributed by atoms with E-state index in [0.29, 0.717) is 18.5 Å². The van der Waals surface area contributed by atoms with Crippen LogP contribution in [0.1, 0.15) is 51.5 Å². The number of esters is 1. The number of carbonyl (C=O) groups excluding carboxylic acids is 3. The number of unbranched alkanes of at least 4 members (excludes halogenated alkanes) is 3. The van der Waals surface area contributed by atoms with Crippen LogP contribution in [0, 0.1) is 5.92 Å². The Morgan fingerprint density at radius 1 is 1.19 bits per heavy atom. The molecule has 3 rings (SSSR count). The highest BCUT2D eigenvalue weighted by Crippen LogP contribution is 2.54. The summed E-state index contributed by atoms with van der Waals surface area (Å²) < 4.78 is 10.6. The molecule has 6 nitrogen and oxygen atoms in total. The molecule has 1 amide bonds. The molecule has 2 aliphatic rings. The number of hydrogen-bond acceptors (Lipinski definition) is 5. The molecule has 27 heavy (non-hydrogen) atoms. The van der Waals surface area contributed by atoms with E-state index >= 15 is 0 Å². The van der Waals surface area contributed by atoms with E-state index in [1.807, 2.05) is 12.1 Å². The van der Waals surface area contributed by atoms with E-state index in [-0.39, 0.29) is 12.5 Å². The van der Waals surface area contributed by atoms with E-state index in [9.17, 15) is 14.4 Å². The van der Waals surface area contributed by atoms with Crippen molar-refractivity contribution in [2.75, 3.05) is 7.11 Å². The quantitative estimate of drug-likeness (QED) is 0.288. The van der Waals surface area contributed by atoms with E-state index in [4.69, 9.17) is 9.47 Å². The average molecular weight is 373 g/mol. The Morgan fingerprint density at radius 2 is 1.89 bits per heavy atom. The van der Waals surface area contributed by atoms with Gasteiger partial charge in [0.2, 0.25) is 11.4 Å². The molecule has 1 unspecified atom stereocenters. The molecule has 0 N–H and O–H groups in total. The zero-order chi connectivity index (χ0) is 19.7. The van der Waals surface area contributed by atoms with Gasteiger partial charge in [-0.15, -0.1) is 0 Å². The first kappa shape index (κ1) is 19.4. The van der Waals surface area contributed by atoms with Crippen LogP contribution in [0.15, 0.2) is 24.3 Å². The minimum atomic E-state index is -1.51. The lowest BCUT2D eigenvalue weighted by Gasteiger charge is -2.50. The van der Waals surface area contributed by atoms with Crippen LogP contribution in [0.2, 0.25) is 0 Å². The molecule has 6 heteroatoms. The second kappa shape index (κ2) is 7.33.